The second kappa shape index (κ2) is 9.27. The molecule has 0 bridgehead atoms. The number of halogens is 1. The van der Waals surface area contributed by atoms with Crippen LogP contribution in [0.5, 0.6) is 0 Å². The first-order valence-corrected chi connectivity index (χ1v) is 11.0. The van der Waals surface area contributed by atoms with Gasteiger partial charge < -0.3 is 0 Å². The summed E-state index contributed by atoms with van der Waals surface area (Å²) in [5.41, 5.74) is 0.723. The van der Waals surface area contributed by atoms with Gasteiger partial charge in [-0.25, -0.2) is 19.3 Å². The Balaban J connectivity index is 1.57. The Morgan fingerprint density at radius 3 is 2.87 bits per heavy atom. The Kier molecular flexibility index (Phi) is 6.28. The van der Waals surface area contributed by atoms with Gasteiger partial charge in [-0.2, -0.15) is 0 Å². The maximum atomic E-state index is 13.5. The smallest absolute Gasteiger partial charge is 0.282 e. The molecule has 0 fully saturated rings. The molecular weight excluding hydrogens is 441 g/mol. The van der Waals surface area contributed by atoms with E-state index in [1.165, 1.54) is 40.4 Å². The Morgan fingerprint density at radius 2 is 2.10 bits per heavy atom. The van der Waals surface area contributed by atoms with E-state index < -0.39 is 0 Å². The summed E-state index contributed by atoms with van der Waals surface area (Å²) in [6.07, 6.45) is 3.28. The summed E-state index contributed by atoms with van der Waals surface area (Å²) in [5.74, 6) is -0.631. The molecule has 4 rings (SSSR count). The minimum absolute atomic E-state index is 0.0107. The maximum Gasteiger partial charge on any atom is 0.282 e. The van der Waals surface area contributed by atoms with Crippen LogP contribution in [0.2, 0.25) is 0 Å². The minimum atomic E-state index is -0.364. The molecule has 0 aliphatic heterocycles. The number of hydrogen-bond donors (Lipinski definition) is 1. The molecule has 0 saturated carbocycles. The third kappa shape index (κ3) is 5.09. The van der Waals surface area contributed by atoms with Crippen LogP contribution in [0.1, 0.15) is 10.6 Å². The zero-order valence-corrected chi connectivity index (χ0v) is 17.9. The molecule has 3 heterocycles. The summed E-state index contributed by atoms with van der Waals surface area (Å²) in [5, 5.41) is 11.9. The van der Waals surface area contributed by atoms with Crippen molar-refractivity contribution in [1.29, 1.82) is 0 Å². The van der Waals surface area contributed by atoms with Crippen LogP contribution in [0.25, 0.3) is 11.2 Å². The lowest BCUT2D eigenvalue weighted by Gasteiger charge is -2.12. The molecule has 0 aliphatic carbocycles. The van der Waals surface area contributed by atoms with Gasteiger partial charge in [-0.05, 0) is 31.0 Å². The van der Waals surface area contributed by atoms with Crippen LogP contribution in [-0.4, -0.2) is 41.4 Å². The fourth-order valence-electron chi connectivity index (χ4n) is 2.80. The third-order valence-electron chi connectivity index (χ3n) is 4.18. The zero-order valence-electron chi connectivity index (χ0n) is 16.3. The van der Waals surface area contributed by atoms with Crippen molar-refractivity contribution in [2.45, 2.75) is 25.0 Å². The van der Waals surface area contributed by atoms with Crippen LogP contribution in [0.4, 0.5) is 9.52 Å². The van der Waals surface area contributed by atoms with Crippen molar-refractivity contribution in [1.82, 2.24) is 29.7 Å². The average molecular weight is 458 g/mol. The van der Waals surface area contributed by atoms with Gasteiger partial charge in [-0.15, -0.1) is 10.2 Å². The van der Waals surface area contributed by atoms with E-state index in [9.17, 15) is 14.0 Å². The van der Waals surface area contributed by atoms with Crippen molar-refractivity contribution < 1.29 is 9.18 Å². The van der Waals surface area contributed by atoms with E-state index in [2.05, 4.69) is 30.5 Å². The molecule has 1 N–H and O–H groups in total. The van der Waals surface area contributed by atoms with Crippen LogP contribution in [0.15, 0.2) is 46.6 Å². The first-order chi connectivity index (χ1) is 15.0. The molecule has 0 spiro atoms. The van der Waals surface area contributed by atoms with E-state index >= 15 is 0 Å². The second-order valence-corrected chi connectivity index (χ2v) is 8.55. The lowest BCUT2D eigenvalue weighted by molar-refractivity contribution is -0.113. The molecule has 158 valence electrons. The van der Waals surface area contributed by atoms with E-state index in [1.54, 1.807) is 19.1 Å². The molecule has 31 heavy (non-hydrogen) atoms. The van der Waals surface area contributed by atoms with Crippen molar-refractivity contribution in [2.24, 2.45) is 0 Å². The zero-order chi connectivity index (χ0) is 21.8. The average Bonchev–Trinajstić information content (AvgIpc) is 3.16. The van der Waals surface area contributed by atoms with Gasteiger partial charge in [0.1, 0.15) is 10.8 Å². The maximum absolute atomic E-state index is 13.5. The highest BCUT2D eigenvalue weighted by atomic mass is 32.2. The first kappa shape index (κ1) is 21.0. The fraction of sp³-hybridized carbons (Fsp3) is 0.211. The molecule has 0 atom stereocenters. The molecule has 0 saturated heterocycles. The molecule has 12 heteroatoms. The lowest BCUT2D eigenvalue weighted by Crippen LogP contribution is -2.26. The number of rotatable bonds is 7. The molecule has 0 aliphatic rings. The van der Waals surface area contributed by atoms with Gasteiger partial charge in [0.25, 0.3) is 5.56 Å². The van der Waals surface area contributed by atoms with E-state index in [0.717, 1.165) is 22.3 Å². The number of carbonyl (C=O) groups excluding carboxylic acids is 1. The molecule has 1 aromatic carbocycles. The van der Waals surface area contributed by atoms with Gasteiger partial charge in [0.2, 0.25) is 11.0 Å². The van der Waals surface area contributed by atoms with E-state index in [-0.39, 0.29) is 40.7 Å². The third-order valence-corrected chi connectivity index (χ3v) is 5.91. The lowest BCUT2D eigenvalue weighted by atomic mass is 10.1. The molecule has 9 nitrogen and oxygen atoms in total. The monoisotopic (exact) mass is 457 g/mol. The Bertz CT molecular complexity index is 1310. The van der Waals surface area contributed by atoms with Crippen molar-refractivity contribution in [3.05, 3.63) is 63.4 Å². The topological polar surface area (TPSA) is 116 Å². The molecule has 3 aromatic heterocycles. The highest BCUT2D eigenvalue weighted by Gasteiger charge is 2.15. The van der Waals surface area contributed by atoms with E-state index in [1.807, 2.05) is 0 Å². The number of aryl methyl sites for hydroxylation is 2. The fourth-order valence-corrected chi connectivity index (χ4v) is 4.22. The number of thioether (sulfide) groups is 1. The highest BCUT2D eigenvalue weighted by molar-refractivity contribution is 7.99. The molecule has 4 aromatic rings. The van der Waals surface area contributed by atoms with Crippen LogP contribution < -0.4 is 10.9 Å². The van der Waals surface area contributed by atoms with Crippen LogP contribution in [-0.2, 0) is 17.8 Å². The van der Waals surface area contributed by atoms with Crippen molar-refractivity contribution in [3.8, 4) is 0 Å². The van der Waals surface area contributed by atoms with Gasteiger partial charge >= 0.3 is 0 Å². The summed E-state index contributed by atoms with van der Waals surface area (Å²) in [6.45, 7) is 2.04. The number of benzene rings is 1. The normalized spacial score (nSPS) is 11.0. The molecular formula is C19H16FN7O2S2. The number of nitrogens with zero attached hydrogens (tertiary/aromatic N) is 6. The number of anilines is 1. The number of hydrogen-bond acceptors (Lipinski definition) is 9. The summed E-state index contributed by atoms with van der Waals surface area (Å²) >= 11 is 2.37. The van der Waals surface area contributed by atoms with Crippen LogP contribution >= 0.6 is 23.1 Å². The number of amides is 1. The first-order valence-electron chi connectivity index (χ1n) is 9.18. The van der Waals surface area contributed by atoms with Gasteiger partial charge in [0.05, 0.1) is 5.75 Å². The van der Waals surface area contributed by atoms with Gasteiger partial charge in [0.15, 0.2) is 16.3 Å². The Labute approximate surface area is 183 Å². The van der Waals surface area contributed by atoms with E-state index in [0.29, 0.717) is 16.7 Å². The van der Waals surface area contributed by atoms with Crippen LogP contribution in [0.3, 0.4) is 0 Å². The van der Waals surface area contributed by atoms with E-state index in [4.69, 9.17) is 0 Å². The highest BCUT2D eigenvalue weighted by Crippen LogP contribution is 2.19. The minimum Gasteiger partial charge on any atom is -0.300 e. The number of fused-ring (bicyclic) bond motifs is 1. The molecule has 0 radical (unpaired) electrons. The largest absolute Gasteiger partial charge is 0.300 e. The quantitative estimate of drug-likeness (QED) is 0.332. The summed E-state index contributed by atoms with van der Waals surface area (Å²) in [4.78, 5) is 37.9. The SMILES string of the molecule is Cc1nnc(NC(=O)CSc2nc3nccnc3c(=O)n2CCc2cccc(F)c2)s1. The summed E-state index contributed by atoms with van der Waals surface area (Å²) < 4.78 is 14.9. The second-order valence-electron chi connectivity index (χ2n) is 6.42. The molecule has 1 amide bonds. The predicted molar refractivity (Wildman–Crippen MR) is 116 cm³/mol. The number of aromatic nitrogens is 6. The molecule has 0 unspecified atom stereocenters. The summed E-state index contributed by atoms with van der Waals surface area (Å²) in [7, 11) is 0. The number of carbonyl (C=O) groups is 1. The van der Waals surface area contributed by atoms with Gasteiger partial charge in [0, 0.05) is 18.9 Å². The van der Waals surface area contributed by atoms with Crippen LogP contribution in [0, 0.1) is 12.7 Å². The Hall–Kier alpha value is -3.25. The standard InChI is InChI=1S/C19H16FN7O2S2/c1-11-25-26-18(31-11)23-14(28)10-30-19-24-16-15(21-6-7-22-16)17(29)27(19)8-5-12-3-2-4-13(20)9-12/h2-4,6-7,9H,5,8,10H2,1H3,(H,23,26,28). The summed E-state index contributed by atoms with van der Waals surface area (Å²) in [6, 6.07) is 6.19. The van der Waals surface area contributed by atoms with Crippen molar-refractivity contribution in [2.75, 3.05) is 11.1 Å². The van der Waals surface area contributed by atoms with Crippen molar-refractivity contribution >= 4 is 45.3 Å². The number of nitrogens with one attached hydrogen (secondary N) is 1. The van der Waals surface area contributed by atoms with Gasteiger partial charge in [-0.3, -0.25) is 19.5 Å². The Morgan fingerprint density at radius 1 is 1.26 bits per heavy atom. The van der Waals surface area contributed by atoms with Gasteiger partial charge in [-0.1, -0.05) is 35.2 Å². The predicted octanol–water partition coefficient (Wildman–Crippen LogP) is 2.46. The van der Waals surface area contributed by atoms with Crippen molar-refractivity contribution in [3.63, 3.8) is 0 Å².